The Kier molecular flexibility index (Phi) is 2.83. The molecule has 1 aliphatic rings. The van der Waals surface area contributed by atoms with E-state index in [-0.39, 0.29) is 11.9 Å². The van der Waals surface area contributed by atoms with Crippen molar-refractivity contribution in [3.63, 3.8) is 0 Å². The molecule has 1 aromatic carbocycles. The molecule has 1 N–H and O–H groups in total. The smallest absolute Gasteiger partial charge is 0.244 e. The molecule has 5 heteroatoms. The van der Waals surface area contributed by atoms with E-state index < -0.39 is 0 Å². The number of hydrogen-bond acceptors (Lipinski definition) is 4. The zero-order valence-electron chi connectivity index (χ0n) is 10.1. The van der Waals surface area contributed by atoms with E-state index in [9.17, 15) is 4.39 Å². The van der Waals surface area contributed by atoms with Crippen LogP contribution >= 0.6 is 0 Å². The molecule has 1 fully saturated rings. The van der Waals surface area contributed by atoms with Gasteiger partial charge in [-0.1, -0.05) is 5.16 Å². The lowest BCUT2D eigenvalue weighted by atomic mass is 10.1. The second-order valence-corrected chi connectivity index (χ2v) is 4.56. The van der Waals surface area contributed by atoms with Crippen molar-refractivity contribution in [2.24, 2.45) is 0 Å². The Labute approximate surface area is 104 Å². The monoisotopic (exact) mass is 247 g/mol. The third kappa shape index (κ3) is 2.01. The summed E-state index contributed by atoms with van der Waals surface area (Å²) in [6, 6.07) is 4.72. The average molecular weight is 247 g/mol. The largest absolute Gasteiger partial charge is 0.337 e. The first-order valence-corrected chi connectivity index (χ1v) is 6.07. The zero-order valence-corrected chi connectivity index (χ0v) is 10.1. The molecule has 0 saturated carbocycles. The summed E-state index contributed by atoms with van der Waals surface area (Å²) in [4.78, 5) is 4.39. The molecule has 1 aliphatic heterocycles. The topological polar surface area (TPSA) is 51.0 Å². The van der Waals surface area contributed by atoms with E-state index in [1.807, 2.05) is 6.92 Å². The number of hydrogen-bond donors (Lipinski definition) is 1. The van der Waals surface area contributed by atoms with Gasteiger partial charge >= 0.3 is 0 Å². The van der Waals surface area contributed by atoms with Crippen molar-refractivity contribution in [1.82, 2.24) is 15.5 Å². The van der Waals surface area contributed by atoms with E-state index in [2.05, 4.69) is 15.5 Å². The molecule has 1 saturated heterocycles. The van der Waals surface area contributed by atoms with Crippen LogP contribution in [0.1, 0.15) is 30.3 Å². The fourth-order valence-corrected chi connectivity index (χ4v) is 2.26. The number of nitrogens with zero attached hydrogens (tertiary/aromatic N) is 2. The van der Waals surface area contributed by atoms with E-state index in [1.165, 1.54) is 12.1 Å². The van der Waals surface area contributed by atoms with Crippen LogP contribution in [0.2, 0.25) is 0 Å². The lowest BCUT2D eigenvalue weighted by molar-refractivity contribution is 0.345. The highest BCUT2D eigenvalue weighted by Crippen LogP contribution is 2.26. The van der Waals surface area contributed by atoms with Crippen LogP contribution in [-0.4, -0.2) is 16.7 Å². The molecule has 18 heavy (non-hydrogen) atoms. The van der Waals surface area contributed by atoms with Crippen LogP contribution in [0.25, 0.3) is 11.4 Å². The summed E-state index contributed by atoms with van der Waals surface area (Å²) in [6.45, 7) is 2.82. The third-order valence-corrected chi connectivity index (χ3v) is 3.23. The fourth-order valence-electron chi connectivity index (χ4n) is 2.26. The van der Waals surface area contributed by atoms with Crippen molar-refractivity contribution in [3.8, 4) is 11.4 Å². The predicted molar refractivity (Wildman–Crippen MR) is 64.4 cm³/mol. The molecule has 4 nitrogen and oxygen atoms in total. The van der Waals surface area contributed by atoms with Crippen molar-refractivity contribution in [2.45, 2.75) is 25.8 Å². The molecule has 94 valence electrons. The highest BCUT2D eigenvalue weighted by Gasteiger charge is 2.23. The molecule has 2 aromatic rings. The molecule has 0 amide bonds. The summed E-state index contributed by atoms with van der Waals surface area (Å²) in [6.07, 6.45) is 2.14. The Hall–Kier alpha value is -1.75. The second-order valence-electron chi connectivity index (χ2n) is 4.56. The molecule has 0 unspecified atom stereocenters. The molecule has 0 spiro atoms. The lowest BCUT2D eigenvalue weighted by Crippen LogP contribution is -2.12. The third-order valence-electron chi connectivity index (χ3n) is 3.23. The minimum Gasteiger partial charge on any atom is -0.337 e. The minimum absolute atomic E-state index is 0.159. The first kappa shape index (κ1) is 11.3. The maximum absolute atomic E-state index is 13.0. The number of rotatable bonds is 2. The summed E-state index contributed by atoms with van der Waals surface area (Å²) in [5.74, 6) is 0.889. The summed E-state index contributed by atoms with van der Waals surface area (Å²) in [5, 5.41) is 7.28. The quantitative estimate of drug-likeness (QED) is 0.886. The highest BCUT2D eigenvalue weighted by molar-refractivity contribution is 5.59. The van der Waals surface area contributed by atoms with Gasteiger partial charge in [-0.3, -0.25) is 0 Å². The predicted octanol–water partition coefficient (Wildman–Crippen LogP) is 2.61. The highest BCUT2D eigenvalue weighted by atomic mass is 19.1. The van der Waals surface area contributed by atoms with Gasteiger partial charge in [0.25, 0.3) is 0 Å². The van der Waals surface area contributed by atoms with Gasteiger partial charge < -0.3 is 9.84 Å². The molecular weight excluding hydrogens is 233 g/mol. The van der Waals surface area contributed by atoms with E-state index in [1.54, 1.807) is 6.07 Å². The second kappa shape index (κ2) is 4.49. The molecule has 0 aliphatic carbocycles. The van der Waals surface area contributed by atoms with Crippen molar-refractivity contribution >= 4 is 0 Å². The standard InChI is InChI=1S/C13H14FN3O/c1-8-7-9(14)4-5-10(8)12-16-13(18-17-12)11-3-2-6-15-11/h4-5,7,11,15H,2-3,6H2,1H3/t11-/m0/s1. The van der Waals surface area contributed by atoms with Gasteiger partial charge in [0.05, 0.1) is 6.04 Å². The van der Waals surface area contributed by atoms with E-state index in [0.717, 1.165) is 30.5 Å². The van der Waals surface area contributed by atoms with Crippen LogP contribution in [0.5, 0.6) is 0 Å². The van der Waals surface area contributed by atoms with Crippen molar-refractivity contribution in [2.75, 3.05) is 6.54 Å². The van der Waals surface area contributed by atoms with Crippen molar-refractivity contribution < 1.29 is 8.91 Å². The Morgan fingerprint density at radius 2 is 2.33 bits per heavy atom. The molecule has 3 rings (SSSR count). The number of nitrogens with one attached hydrogen (secondary N) is 1. The molecule has 0 radical (unpaired) electrons. The van der Waals surface area contributed by atoms with Crippen LogP contribution in [0, 0.1) is 12.7 Å². The van der Waals surface area contributed by atoms with Crippen LogP contribution in [0.15, 0.2) is 22.7 Å². The Bertz CT molecular complexity index is 561. The number of aromatic nitrogens is 2. The summed E-state index contributed by atoms with van der Waals surface area (Å²) in [5.41, 5.74) is 1.62. The van der Waals surface area contributed by atoms with Gasteiger partial charge in [-0.05, 0) is 50.1 Å². The van der Waals surface area contributed by atoms with Crippen LogP contribution in [0.4, 0.5) is 4.39 Å². The van der Waals surface area contributed by atoms with Gasteiger partial charge in [-0.15, -0.1) is 0 Å². The van der Waals surface area contributed by atoms with Crippen LogP contribution in [-0.2, 0) is 0 Å². The van der Waals surface area contributed by atoms with E-state index in [4.69, 9.17) is 4.52 Å². The molecule has 0 bridgehead atoms. The first-order chi connectivity index (χ1) is 8.74. The first-order valence-electron chi connectivity index (χ1n) is 6.07. The zero-order chi connectivity index (χ0) is 12.5. The van der Waals surface area contributed by atoms with Gasteiger partial charge in [0.15, 0.2) is 0 Å². The van der Waals surface area contributed by atoms with Gasteiger partial charge in [0, 0.05) is 5.56 Å². The Morgan fingerprint density at radius 1 is 1.44 bits per heavy atom. The minimum atomic E-state index is -0.252. The molecule has 1 atom stereocenters. The maximum Gasteiger partial charge on any atom is 0.244 e. The fraction of sp³-hybridized carbons (Fsp3) is 0.385. The van der Waals surface area contributed by atoms with Gasteiger partial charge in [0.1, 0.15) is 5.82 Å². The van der Waals surface area contributed by atoms with Crippen LogP contribution in [0.3, 0.4) is 0 Å². The molecule has 2 heterocycles. The van der Waals surface area contributed by atoms with Crippen molar-refractivity contribution in [3.05, 3.63) is 35.5 Å². The van der Waals surface area contributed by atoms with Crippen molar-refractivity contribution in [1.29, 1.82) is 0 Å². The van der Waals surface area contributed by atoms with Gasteiger partial charge in [-0.2, -0.15) is 4.98 Å². The average Bonchev–Trinajstić information content (AvgIpc) is 2.99. The molecular formula is C13H14FN3O. The number of halogens is 1. The Balaban J connectivity index is 1.92. The molecule has 1 aromatic heterocycles. The van der Waals surface area contributed by atoms with E-state index >= 15 is 0 Å². The SMILES string of the molecule is Cc1cc(F)ccc1-c1noc([C@@H]2CCCN2)n1. The summed E-state index contributed by atoms with van der Waals surface area (Å²) >= 11 is 0. The summed E-state index contributed by atoms with van der Waals surface area (Å²) < 4.78 is 18.3. The van der Waals surface area contributed by atoms with Gasteiger partial charge in [-0.25, -0.2) is 4.39 Å². The lowest BCUT2D eigenvalue weighted by Gasteiger charge is -2.02. The maximum atomic E-state index is 13.0. The Morgan fingerprint density at radius 3 is 3.06 bits per heavy atom. The van der Waals surface area contributed by atoms with E-state index in [0.29, 0.717) is 11.7 Å². The number of aryl methyl sites for hydroxylation is 1. The van der Waals surface area contributed by atoms with Crippen LogP contribution < -0.4 is 5.32 Å². The normalized spacial score (nSPS) is 19.3. The van der Waals surface area contributed by atoms with Gasteiger partial charge in [0.2, 0.25) is 11.7 Å². The number of benzene rings is 1. The summed E-state index contributed by atoms with van der Waals surface area (Å²) in [7, 11) is 0.